The van der Waals surface area contributed by atoms with Gasteiger partial charge in [0.2, 0.25) is 0 Å². The molecule has 0 N–H and O–H groups in total. The average molecular weight is 360 g/mol. The normalized spacial score (nSPS) is 10.6. The maximum absolute atomic E-state index is 5.43. The molecule has 3 rings (SSSR count). The van der Waals surface area contributed by atoms with E-state index in [1.807, 2.05) is 36.4 Å². The smallest absolute Gasteiger partial charge is 0.129 e. The highest BCUT2D eigenvalue weighted by Gasteiger charge is 2.14. The molecule has 0 spiro atoms. The van der Waals surface area contributed by atoms with Crippen LogP contribution in [0.5, 0.6) is 5.75 Å². The third-order valence-corrected chi connectivity index (χ3v) is 4.78. The summed E-state index contributed by atoms with van der Waals surface area (Å²) in [4.78, 5) is 6.02. The fourth-order valence-corrected chi connectivity index (χ4v) is 3.44. The van der Waals surface area contributed by atoms with Crippen LogP contribution in [0.2, 0.25) is 0 Å². The van der Waals surface area contributed by atoms with Gasteiger partial charge in [-0.3, -0.25) is 0 Å². The summed E-state index contributed by atoms with van der Waals surface area (Å²) in [5.74, 6) is 0.855. The van der Waals surface area contributed by atoms with Crippen molar-refractivity contribution in [1.29, 1.82) is 0 Å². The molecule has 1 aromatic heterocycles. The molecule has 2 aromatic carbocycles. The lowest BCUT2D eigenvalue weighted by Crippen LogP contribution is -1.87. The van der Waals surface area contributed by atoms with E-state index in [-0.39, 0.29) is 0 Å². The summed E-state index contributed by atoms with van der Waals surface area (Å²) < 4.78 is 6.50. The Morgan fingerprint density at radius 1 is 1.05 bits per heavy atom. The minimum atomic E-state index is 0.855. The van der Waals surface area contributed by atoms with Crippen LogP contribution in [0.15, 0.2) is 53.0 Å². The van der Waals surface area contributed by atoms with Gasteiger partial charge in [-0.1, -0.05) is 40.2 Å². The Bertz CT molecular complexity index is 765. The molecule has 106 valence electrons. The molecule has 0 unspecified atom stereocenters. The van der Waals surface area contributed by atoms with Crippen LogP contribution >= 0.6 is 27.3 Å². The molecule has 0 atom stereocenters. The first kappa shape index (κ1) is 14.3. The second kappa shape index (κ2) is 6.00. The third kappa shape index (κ3) is 2.87. The van der Waals surface area contributed by atoms with E-state index in [0.717, 1.165) is 32.1 Å². The van der Waals surface area contributed by atoms with Gasteiger partial charge in [0.25, 0.3) is 0 Å². The first-order valence-corrected chi connectivity index (χ1v) is 8.17. The lowest BCUT2D eigenvalue weighted by molar-refractivity contribution is 0.416. The van der Waals surface area contributed by atoms with Gasteiger partial charge in [0, 0.05) is 14.9 Å². The molecule has 0 saturated carbocycles. The van der Waals surface area contributed by atoms with Crippen LogP contribution < -0.4 is 4.74 Å². The molecule has 0 fully saturated rings. The zero-order chi connectivity index (χ0) is 14.8. The van der Waals surface area contributed by atoms with Crippen LogP contribution in [0.3, 0.4) is 0 Å². The molecule has 2 nitrogen and oxygen atoms in total. The fourth-order valence-electron chi connectivity index (χ4n) is 2.21. The van der Waals surface area contributed by atoms with E-state index in [2.05, 4.69) is 35.0 Å². The number of halogens is 1. The molecule has 0 bridgehead atoms. The van der Waals surface area contributed by atoms with E-state index >= 15 is 0 Å². The molecule has 3 aromatic rings. The van der Waals surface area contributed by atoms with Crippen molar-refractivity contribution in [2.75, 3.05) is 7.11 Å². The lowest BCUT2D eigenvalue weighted by Gasteiger charge is -2.04. The summed E-state index contributed by atoms with van der Waals surface area (Å²) in [6.07, 6.45) is 0. The molecule has 0 aliphatic heterocycles. The molecule has 4 heteroatoms. The fraction of sp³-hybridized carbons (Fsp3) is 0.118. The van der Waals surface area contributed by atoms with Gasteiger partial charge in [-0.05, 0) is 31.2 Å². The highest BCUT2D eigenvalue weighted by molar-refractivity contribution is 9.10. The van der Waals surface area contributed by atoms with Gasteiger partial charge in [-0.25, -0.2) is 4.98 Å². The molecule has 0 aliphatic rings. The highest BCUT2D eigenvalue weighted by Crippen LogP contribution is 2.37. The van der Waals surface area contributed by atoms with Crippen LogP contribution in [0.1, 0.15) is 4.88 Å². The van der Waals surface area contributed by atoms with Crippen LogP contribution in [-0.2, 0) is 0 Å². The van der Waals surface area contributed by atoms with Gasteiger partial charge < -0.3 is 4.74 Å². The SMILES string of the molecule is COc1ccccc1-c1nc(-c2ccc(Br)cc2)c(C)s1. The van der Waals surface area contributed by atoms with Crippen molar-refractivity contribution in [2.45, 2.75) is 6.92 Å². The van der Waals surface area contributed by atoms with Crippen molar-refractivity contribution in [1.82, 2.24) is 4.98 Å². The number of nitrogens with zero attached hydrogens (tertiary/aromatic N) is 1. The van der Waals surface area contributed by atoms with Gasteiger partial charge in [0.1, 0.15) is 10.8 Å². The van der Waals surface area contributed by atoms with Crippen molar-refractivity contribution in [3.8, 4) is 27.6 Å². The molecule has 0 amide bonds. The Morgan fingerprint density at radius 2 is 1.76 bits per heavy atom. The zero-order valence-electron chi connectivity index (χ0n) is 11.8. The second-order valence-corrected chi connectivity index (χ2v) is 6.75. The predicted molar refractivity (Wildman–Crippen MR) is 92.0 cm³/mol. The summed E-state index contributed by atoms with van der Waals surface area (Å²) >= 11 is 5.16. The highest BCUT2D eigenvalue weighted by atomic mass is 79.9. The van der Waals surface area contributed by atoms with Crippen molar-refractivity contribution in [2.24, 2.45) is 0 Å². The molecule has 0 saturated heterocycles. The van der Waals surface area contributed by atoms with E-state index in [1.165, 1.54) is 4.88 Å². The minimum Gasteiger partial charge on any atom is -0.496 e. The molecule has 0 aliphatic carbocycles. The number of benzene rings is 2. The average Bonchev–Trinajstić information content (AvgIpc) is 2.90. The number of thiazole rings is 1. The van der Waals surface area contributed by atoms with Crippen LogP contribution in [-0.4, -0.2) is 12.1 Å². The van der Waals surface area contributed by atoms with Gasteiger partial charge in [0.15, 0.2) is 0 Å². The van der Waals surface area contributed by atoms with Gasteiger partial charge in [-0.15, -0.1) is 11.3 Å². The Labute approximate surface area is 136 Å². The van der Waals surface area contributed by atoms with Crippen LogP contribution in [0.25, 0.3) is 21.8 Å². The second-order valence-electron chi connectivity index (χ2n) is 4.63. The molecule has 0 radical (unpaired) electrons. The van der Waals surface area contributed by atoms with E-state index in [0.29, 0.717) is 0 Å². The quantitative estimate of drug-likeness (QED) is 0.610. The minimum absolute atomic E-state index is 0.855. The number of aryl methyl sites for hydroxylation is 1. The van der Waals surface area contributed by atoms with Crippen molar-refractivity contribution in [3.05, 3.63) is 57.9 Å². The first-order chi connectivity index (χ1) is 10.2. The summed E-state index contributed by atoms with van der Waals surface area (Å²) in [6, 6.07) is 16.2. The molecular weight excluding hydrogens is 346 g/mol. The summed E-state index contributed by atoms with van der Waals surface area (Å²) in [6.45, 7) is 2.11. The topological polar surface area (TPSA) is 22.1 Å². The van der Waals surface area contributed by atoms with E-state index in [4.69, 9.17) is 9.72 Å². The zero-order valence-corrected chi connectivity index (χ0v) is 14.2. The monoisotopic (exact) mass is 359 g/mol. The van der Waals surface area contributed by atoms with Gasteiger partial charge in [-0.2, -0.15) is 0 Å². The van der Waals surface area contributed by atoms with E-state index in [1.54, 1.807) is 18.4 Å². The van der Waals surface area contributed by atoms with Crippen molar-refractivity contribution < 1.29 is 4.74 Å². The third-order valence-electron chi connectivity index (χ3n) is 3.25. The predicted octanol–water partition coefficient (Wildman–Crippen LogP) is 5.56. The maximum Gasteiger partial charge on any atom is 0.129 e. The maximum atomic E-state index is 5.43. The van der Waals surface area contributed by atoms with Gasteiger partial charge >= 0.3 is 0 Å². The number of aromatic nitrogens is 1. The molecular formula is C17H14BrNOS. The standard InChI is InChI=1S/C17H14BrNOS/c1-11-16(12-7-9-13(18)10-8-12)19-17(21-11)14-5-3-4-6-15(14)20-2/h3-10H,1-2H3. The Morgan fingerprint density at radius 3 is 2.48 bits per heavy atom. The summed E-state index contributed by atoms with van der Waals surface area (Å²) in [5, 5.41) is 0.989. The van der Waals surface area contributed by atoms with Gasteiger partial charge in [0.05, 0.1) is 18.4 Å². The summed E-state index contributed by atoms with van der Waals surface area (Å²) in [5.41, 5.74) is 3.21. The van der Waals surface area contributed by atoms with Crippen molar-refractivity contribution >= 4 is 27.3 Å². The van der Waals surface area contributed by atoms with Crippen LogP contribution in [0.4, 0.5) is 0 Å². The number of hydrogen-bond acceptors (Lipinski definition) is 3. The lowest BCUT2D eigenvalue weighted by atomic mass is 10.1. The number of rotatable bonds is 3. The van der Waals surface area contributed by atoms with Crippen molar-refractivity contribution in [3.63, 3.8) is 0 Å². The number of para-hydroxylation sites is 1. The van der Waals surface area contributed by atoms with E-state index < -0.39 is 0 Å². The Balaban J connectivity index is 2.07. The largest absolute Gasteiger partial charge is 0.496 e. The number of ether oxygens (including phenoxy) is 1. The Hall–Kier alpha value is -1.65. The molecule has 21 heavy (non-hydrogen) atoms. The Kier molecular flexibility index (Phi) is 4.08. The molecule has 1 heterocycles. The number of methoxy groups -OCH3 is 1. The first-order valence-electron chi connectivity index (χ1n) is 6.56. The number of hydrogen-bond donors (Lipinski definition) is 0. The van der Waals surface area contributed by atoms with E-state index in [9.17, 15) is 0 Å². The summed E-state index contributed by atoms with van der Waals surface area (Å²) in [7, 11) is 1.69. The van der Waals surface area contributed by atoms with Crippen LogP contribution in [0, 0.1) is 6.92 Å².